The first kappa shape index (κ1) is 13.4. The van der Waals surface area contributed by atoms with E-state index in [0.717, 1.165) is 22.8 Å². The summed E-state index contributed by atoms with van der Waals surface area (Å²) in [6.45, 7) is 2.34. The van der Waals surface area contributed by atoms with E-state index in [2.05, 4.69) is 4.98 Å². The van der Waals surface area contributed by atoms with Gasteiger partial charge in [-0.2, -0.15) is 0 Å². The minimum atomic E-state index is -0.0929. The highest BCUT2D eigenvalue weighted by atomic mass is 16.5. The van der Waals surface area contributed by atoms with E-state index in [9.17, 15) is 0 Å². The van der Waals surface area contributed by atoms with Crippen LogP contribution in [0.3, 0.4) is 0 Å². The number of ether oxygens (including phenoxy) is 2. The molecule has 2 N–H and O–H groups in total. The molecule has 2 aromatic rings. The standard InChI is InChI=1S/C15H18N2O2/c1-11(16)14-7-6-13(18-2)9-15(14)19-10-12-5-3-4-8-17-12/h3-9,11H,10,16H2,1-2H3. The van der Waals surface area contributed by atoms with Crippen LogP contribution in [0.5, 0.6) is 11.5 Å². The number of methoxy groups -OCH3 is 1. The van der Waals surface area contributed by atoms with E-state index in [1.807, 2.05) is 43.3 Å². The van der Waals surface area contributed by atoms with Crippen molar-refractivity contribution in [3.63, 3.8) is 0 Å². The third kappa shape index (κ3) is 3.45. The number of nitrogens with two attached hydrogens (primary N) is 1. The number of pyridine rings is 1. The van der Waals surface area contributed by atoms with Gasteiger partial charge in [-0.1, -0.05) is 12.1 Å². The van der Waals surface area contributed by atoms with E-state index in [0.29, 0.717) is 6.61 Å². The van der Waals surface area contributed by atoms with E-state index in [4.69, 9.17) is 15.2 Å². The summed E-state index contributed by atoms with van der Waals surface area (Å²) in [4.78, 5) is 4.22. The lowest BCUT2D eigenvalue weighted by atomic mass is 10.1. The molecule has 0 aliphatic heterocycles. The van der Waals surface area contributed by atoms with E-state index in [1.54, 1.807) is 13.3 Å². The maximum atomic E-state index is 5.94. The Labute approximate surface area is 113 Å². The van der Waals surface area contributed by atoms with Gasteiger partial charge in [0.15, 0.2) is 0 Å². The van der Waals surface area contributed by atoms with Gasteiger partial charge in [-0.3, -0.25) is 4.98 Å². The van der Waals surface area contributed by atoms with Gasteiger partial charge < -0.3 is 15.2 Å². The number of hydrogen-bond acceptors (Lipinski definition) is 4. The van der Waals surface area contributed by atoms with Crippen molar-refractivity contribution in [2.45, 2.75) is 19.6 Å². The maximum absolute atomic E-state index is 5.94. The lowest BCUT2D eigenvalue weighted by Crippen LogP contribution is -2.08. The molecule has 0 aliphatic rings. The molecule has 19 heavy (non-hydrogen) atoms. The third-order valence-corrected chi connectivity index (χ3v) is 2.81. The Bertz CT molecular complexity index is 527. The van der Waals surface area contributed by atoms with Gasteiger partial charge in [0.2, 0.25) is 0 Å². The number of benzene rings is 1. The number of aromatic nitrogens is 1. The fourth-order valence-corrected chi connectivity index (χ4v) is 1.78. The molecule has 0 saturated heterocycles. The Morgan fingerprint density at radius 1 is 1.26 bits per heavy atom. The SMILES string of the molecule is COc1ccc(C(C)N)c(OCc2ccccn2)c1. The molecule has 0 saturated carbocycles. The van der Waals surface area contributed by atoms with Gasteiger partial charge in [0.1, 0.15) is 18.1 Å². The second-order valence-electron chi connectivity index (χ2n) is 4.30. The van der Waals surface area contributed by atoms with Crippen molar-refractivity contribution in [2.75, 3.05) is 7.11 Å². The van der Waals surface area contributed by atoms with Crippen molar-refractivity contribution >= 4 is 0 Å². The monoisotopic (exact) mass is 258 g/mol. The van der Waals surface area contributed by atoms with Crippen LogP contribution in [0.4, 0.5) is 0 Å². The minimum absolute atomic E-state index is 0.0929. The third-order valence-electron chi connectivity index (χ3n) is 2.81. The molecule has 1 aromatic carbocycles. The largest absolute Gasteiger partial charge is 0.497 e. The van der Waals surface area contributed by atoms with Crippen molar-refractivity contribution < 1.29 is 9.47 Å². The van der Waals surface area contributed by atoms with Gasteiger partial charge in [-0.05, 0) is 25.1 Å². The molecule has 0 radical (unpaired) electrons. The lowest BCUT2D eigenvalue weighted by molar-refractivity contribution is 0.294. The predicted octanol–water partition coefficient (Wildman–Crippen LogP) is 2.69. The minimum Gasteiger partial charge on any atom is -0.497 e. The van der Waals surface area contributed by atoms with Crippen LogP contribution in [0.2, 0.25) is 0 Å². The number of hydrogen-bond donors (Lipinski definition) is 1. The highest BCUT2D eigenvalue weighted by Crippen LogP contribution is 2.29. The molecular formula is C15H18N2O2. The molecule has 0 spiro atoms. The van der Waals surface area contributed by atoms with Gasteiger partial charge in [-0.15, -0.1) is 0 Å². The van der Waals surface area contributed by atoms with E-state index in [1.165, 1.54) is 0 Å². The van der Waals surface area contributed by atoms with Crippen LogP contribution in [0, 0.1) is 0 Å². The summed E-state index contributed by atoms with van der Waals surface area (Å²) >= 11 is 0. The Balaban J connectivity index is 2.18. The summed E-state index contributed by atoms with van der Waals surface area (Å²) in [5.41, 5.74) is 7.77. The van der Waals surface area contributed by atoms with E-state index in [-0.39, 0.29) is 6.04 Å². The summed E-state index contributed by atoms with van der Waals surface area (Å²) in [5.74, 6) is 1.49. The topological polar surface area (TPSA) is 57.4 Å². The van der Waals surface area contributed by atoms with Crippen LogP contribution in [0.1, 0.15) is 24.2 Å². The molecule has 0 aliphatic carbocycles. The Morgan fingerprint density at radius 3 is 2.74 bits per heavy atom. The van der Waals surface area contributed by atoms with E-state index >= 15 is 0 Å². The molecule has 1 unspecified atom stereocenters. The molecule has 1 atom stereocenters. The smallest absolute Gasteiger partial charge is 0.130 e. The van der Waals surface area contributed by atoms with Crippen LogP contribution in [-0.4, -0.2) is 12.1 Å². The van der Waals surface area contributed by atoms with Gasteiger partial charge in [0, 0.05) is 23.9 Å². The normalized spacial score (nSPS) is 11.9. The first-order valence-corrected chi connectivity index (χ1v) is 6.17. The van der Waals surface area contributed by atoms with E-state index < -0.39 is 0 Å². The maximum Gasteiger partial charge on any atom is 0.130 e. The van der Waals surface area contributed by atoms with Crippen molar-refractivity contribution in [1.82, 2.24) is 4.98 Å². The van der Waals surface area contributed by atoms with Gasteiger partial charge in [-0.25, -0.2) is 0 Å². The first-order chi connectivity index (χ1) is 9.20. The molecule has 4 heteroatoms. The molecule has 0 bridgehead atoms. The summed E-state index contributed by atoms with van der Waals surface area (Å²) < 4.78 is 11.0. The zero-order valence-electron chi connectivity index (χ0n) is 11.2. The molecule has 1 aromatic heterocycles. The molecule has 100 valence electrons. The molecule has 4 nitrogen and oxygen atoms in total. The van der Waals surface area contributed by atoms with Gasteiger partial charge in [0.05, 0.1) is 12.8 Å². The number of rotatable bonds is 5. The molecular weight excluding hydrogens is 240 g/mol. The van der Waals surface area contributed by atoms with Crippen molar-refractivity contribution in [1.29, 1.82) is 0 Å². The average molecular weight is 258 g/mol. The van der Waals surface area contributed by atoms with Crippen molar-refractivity contribution in [3.8, 4) is 11.5 Å². The van der Waals surface area contributed by atoms with Crippen LogP contribution in [-0.2, 0) is 6.61 Å². The predicted molar refractivity (Wildman–Crippen MR) is 74.2 cm³/mol. The average Bonchev–Trinajstić information content (AvgIpc) is 2.45. The molecule has 2 rings (SSSR count). The van der Waals surface area contributed by atoms with Gasteiger partial charge in [0.25, 0.3) is 0 Å². The highest BCUT2D eigenvalue weighted by molar-refractivity contribution is 5.42. The Hall–Kier alpha value is -2.07. The Morgan fingerprint density at radius 2 is 2.11 bits per heavy atom. The summed E-state index contributed by atoms with van der Waals surface area (Å²) in [7, 11) is 1.63. The second-order valence-corrected chi connectivity index (χ2v) is 4.30. The summed E-state index contributed by atoms with van der Waals surface area (Å²) in [6, 6.07) is 11.3. The van der Waals surface area contributed by atoms with Crippen molar-refractivity contribution in [3.05, 3.63) is 53.9 Å². The quantitative estimate of drug-likeness (QED) is 0.895. The van der Waals surface area contributed by atoms with Crippen LogP contribution >= 0.6 is 0 Å². The highest BCUT2D eigenvalue weighted by Gasteiger charge is 2.10. The first-order valence-electron chi connectivity index (χ1n) is 6.17. The molecule has 1 heterocycles. The Kier molecular flexibility index (Phi) is 4.36. The second kappa shape index (κ2) is 6.20. The fraction of sp³-hybridized carbons (Fsp3) is 0.267. The van der Waals surface area contributed by atoms with Crippen LogP contribution < -0.4 is 15.2 Å². The molecule has 0 fully saturated rings. The zero-order chi connectivity index (χ0) is 13.7. The molecule has 0 amide bonds. The van der Waals surface area contributed by atoms with Crippen LogP contribution in [0.25, 0.3) is 0 Å². The fourth-order valence-electron chi connectivity index (χ4n) is 1.78. The van der Waals surface area contributed by atoms with Gasteiger partial charge >= 0.3 is 0 Å². The summed E-state index contributed by atoms with van der Waals surface area (Å²) in [5, 5.41) is 0. The zero-order valence-corrected chi connectivity index (χ0v) is 11.2. The summed E-state index contributed by atoms with van der Waals surface area (Å²) in [6.07, 6.45) is 1.75. The van der Waals surface area contributed by atoms with Crippen molar-refractivity contribution in [2.24, 2.45) is 5.73 Å². The number of nitrogens with zero attached hydrogens (tertiary/aromatic N) is 1. The van der Waals surface area contributed by atoms with Crippen LogP contribution in [0.15, 0.2) is 42.6 Å². The lowest BCUT2D eigenvalue weighted by Gasteiger charge is -2.15.